The molecule has 2 aromatic carbocycles. The van der Waals surface area contributed by atoms with Gasteiger partial charge in [-0.2, -0.15) is 0 Å². The Balaban J connectivity index is 2.71. The molecule has 0 saturated carbocycles. The van der Waals surface area contributed by atoms with E-state index in [1.54, 1.807) is 12.1 Å². The summed E-state index contributed by atoms with van der Waals surface area (Å²) in [4.78, 5) is 3.99. The van der Waals surface area contributed by atoms with Gasteiger partial charge in [0.15, 0.2) is 0 Å². The van der Waals surface area contributed by atoms with E-state index in [9.17, 15) is 0 Å². The number of hydrogen-bond donors (Lipinski definition) is 2. The third kappa shape index (κ3) is 1.62. The van der Waals surface area contributed by atoms with E-state index in [-0.39, 0.29) is 5.90 Å². The van der Waals surface area contributed by atoms with Crippen molar-refractivity contribution >= 4 is 16.7 Å². The zero-order valence-electron chi connectivity index (χ0n) is 7.79. The summed E-state index contributed by atoms with van der Waals surface area (Å²) < 4.78 is 0. The van der Waals surface area contributed by atoms with Crippen LogP contribution in [0, 0.1) is 0 Å². The minimum absolute atomic E-state index is 0.216. The Kier molecular flexibility index (Phi) is 2.51. The molecule has 4 heteroatoms. The van der Waals surface area contributed by atoms with Gasteiger partial charge in [-0.3, -0.25) is 0 Å². The van der Waals surface area contributed by atoms with Crippen LogP contribution in [0.1, 0.15) is 5.56 Å². The van der Waals surface area contributed by atoms with Crippen LogP contribution in [0.15, 0.2) is 47.6 Å². The average molecular weight is 203 g/mol. The normalized spacial score (nSPS) is 11.7. The fourth-order valence-corrected chi connectivity index (χ4v) is 1.53. The molecule has 0 radical (unpaired) electrons. The minimum Gasteiger partial charge on any atom is -0.408 e. The molecule has 2 rings (SSSR count). The molecule has 0 aliphatic rings. The summed E-state index contributed by atoms with van der Waals surface area (Å²) in [5, 5.41) is 21.9. The van der Waals surface area contributed by atoms with Gasteiger partial charge in [-0.1, -0.05) is 36.4 Å². The third-order valence-electron chi connectivity index (χ3n) is 2.20. The number of benzene rings is 2. The Bertz CT molecular complexity index is 503. The van der Waals surface area contributed by atoms with E-state index in [1.807, 2.05) is 30.3 Å². The number of fused-ring (bicyclic) bond motifs is 1. The van der Waals surface area contributed by atoms with Gasteiger partial charge in [-0.05, 0) is 22.0 Å². The fourth-order valence-electron chi connectivity index (χ4n) is 1.53. The highest BCUT2D eigenvalue weighted by Gasteiger charge is 2.09. The number of rotatable bonds is 1. The topological polar surface area (TPSA) is 62.1 Å². The van der Waals surface area contributed by atoms with Crippen LogP contribution in [0.4, 0.5) is 0 Å². The lowest BCUT2D eigenvalue weighted by Gasteiger charge is -2.04. The molecule has 0 spiro atoms. The summed E-state index contributed by atoms with van der Waals surface area (Å²) in [6.07, 6.45) is 0. The molecule has 0 amide bonds. The molecule has 0 unspecified atom stereocenters. The summed E-state index contributed by atoms with van der Waals surface area (Å²) in [5.41, 5.74) is 0.540. The van der Waals surface area contributed by atoms with E-state index in [4.69, 9.17) is 10.5 Å². The molecule has 0 bridgehead atoms. The van der Waals surface area contributed by atoms with E-state index in [0.717, 1.165) is 10.8 Å². The highest BCUT2D eigenvalue weighted by molar-refractivity contribution is 6.06. The van der Waals surface area contributed by atoms with Crippen LogP contribution < -0.4 is 0 Å². The largest absolute Gasteiger partial charge is 0.408 e. The lowest BCUT2D eigenvalue weighted by molar-refractivity contribution is -0.156. The minimum atomic E-state index is -0.216. The molecule has 76 valence electrons. The van der Waals surface area contributed by atoms with Gasteiger partial charge in [-0.15, -0.1) is 0 Å². The second-order valence-corrected chi connectivity index (χ2v) is 3.02. The summed E-state index contributed by atoms with van der Waals surface area (Å²) in [6.45, 7) is 0. The van der Waals surface area contributed by atoms with Crippen molar-refractivity contribution in [3.05, 3.63) is 48.0 Å². The van der Waals surface area contributed by atoms with Crippen LogP contribution in [-0.4, -0.2) is 16.4 Å². The molecule has 0 aliphatic carbocycles. The van der Waals surface area contributed by atoms with Gasteiger partial charge in [0.25, 0.3) is 5.90 Å². The first-order chi connectivity index (χ1) is 7.36. The Hall–Kier alpha value is -2.07. The molecule has 0 heterocycles. The summed E-state index contributed by atoms with van der Waals surface area (Å²) in [7, 11) is 0. The summed E-state index contributed by atoms with van der Waals surface area (Å²) in [5.74, 6) is -0.216. The van der Waals surface area contributed by atoms with Gasteiger partial charge >= 0.3 is 0 Å². The molecule has 15 heavy (non-hydrogen) atoms. The van der Waals surface area contributed by atoms with Crippen LogP contribution in [0.2, 0.25) is 0 Å². The molecular weight excluding hydrogens is 194 g/mol. The molecule has 2 aromatic rings. The zero-order valence-corrected chi connectivity index (χ0v) is 7.79. The number of oxime groups is 1. The van der Waals surface area contributed by atoms with Crippen molar-refractivity contribution in [3.63, 3.8) is 0 Å². The van der Waals surface area contributed by atoms with Crippen molar-refractivity contribution in [2.75, 3.05) is 0 Å². The Morgan fingerprint density at radius 2 is 1.80 bits per heavy atom. The quantitative estimate of drug-likeness (QED) is 0.246. The van der Waals surface area contributed by atoms with Gasteiger partial charge in [0.1, 0.15) is 0 Å². The van der Waals surface area contributed by atoms with Gasteiger partial charge in [0.05, 0.1) is 5.56 Å². The van der Waals surface area contributed by atoms with E-state index in [1.165, 1.54) is 0 Å². The molecule has 4 nitrogen and oxygen atoms in total. The Labute approximate surface area is 86.0 Å². The van der Waals surface area contributed by atoms with Crippen molar-refractivity contribution in [1.82, 2.24) is 0 Å². The van der Waals surface area contributed by atoms with Gasteiger partial charge in [0, 0.05) is 0 Å². The van der Waals surface area contributed by atoms with Crippen molar-refractivity contribution < 1.29 is 15.4 Å². The highest BCUT2D eigenvalue weighted by atomic mass is 17.1. The third-order valence-corrected chi connectivity index (χ3v) is 2.20. The molecule has 2 N–H and O–H groups in total. The van der Waals surface area contributed by atoms with E-state index >= 15 is 0 Å². The molecule has 0 fully saturated rings. The van der Waals surface area contributed by atoms with Crippen molar-refractivity contribution in [3.8, 4) is 0 Å². The first kappa shape index (κ1) is 9.48. The van der Waals surface area contributed by atoms with E-state index in [2.05, 4.69) is 10.0 Å². The molecule has 0 aromatic heterocycles. The van der Waals surface area contributed by atoms with Crippen LogP contribution >= 0.6 is 0 Å². The molecule has 0 aliphatic heterocycles. The SMILES string of the molecule is O/N=C(\OO)c1cccc2ccccc12. The lowest BCUT2D eigenvalue weighted by atomic mass is 10.0. The van der Waals surface area contributed by atoms with Gasteiger partial charge < -0.3 is 10.1 Å². The maximum Gasteiger partial charge on any atom is 0.298 e. The average Bonchev–Trinajstić information content (AvgIpc) is 2.31. The second kappa shape index (κ2) is 3.98. The second-order valence-electron chi connectivity index (χ2n) is 3.02. The smallest absolute Gasteiger partial charge is 0.298 e. The van der Waals surface area contributed by atoms with Gasteiger partial charge in [0.2, 0.25) is 0 Å². The van der Waals surface area contributed by atoms with Crippen molar-refractivity contribution in [2.24, 2.45) is 5.16 Å². The maximum absolute atomic E-state index is 8.64. The monoisotopic (exact) mass is 203 g/mol. The van der Waals surface area contributed by atoms with Crippen LogP contribution in [0.3, 0.4) is 0 Å². The molecule has 0 atom stereocenters. The lowest BCUT2D eigenvalue weighted by Crippen LogP contribution is -2.04. The van der Waals surface area contributed by atoms with Gasteiger partial charge in [-0.25, -0.2) is 5.26 Å². The first-order valence-electron chi connectivity index (χ1n) is 4.38. The van der Waals surface area contributed by atoms with Crippen molar-refractivity contribution in [2.45, 2.75) is 0 Å². The number of hydrogen-bond acceptors (Lipinski definition) is 4. The van der Waals surface area contributed by atoms with E-state index < -0.39 is 0 Å². The highest BCUT2D eigenvalue weighted by Crippen LogP contribution is 2.19. The van der Waals surface area contributed by atoms with Crippen LogP contribution in [0.25, 0.3) is 10.8 Å². The van der Waals surface area contributed by atoms with Crippen LogP contribution in [-0.2, 0) is 4.89 Å². The predicted molar refractivity (Wildman–Crippen MR) is 56.0 cm³/mol. The maximum atomic E-state index is 8.64. The van der Waals surface area contributed by atoms with Crippen molar-refractivity contribution in [1.29, 1.82) is 0 Å². The summed E-state index contributed by atoms with van der Waals surface area (Å²) >= 11 is 0. The van der Waals surface area contributed by atoms with E-state index in [0.29, 0.717) is 5.56 Å². The fraction of sp³-hybridized carbons (Fsp3) is 0. The predicted octanol–water partition coefficient (Wildman–Crippen LogP) is 2.47. The Morgan fingerprint density at radius 3 is 2.53 bits per heavy atom. The zero-order chi connectivity index (χ0) is 10.7. The first-order valence-corrected chi connectivity index (χ1v) is 4.38. The summed E-state index contributed by atoms with van der Waals surface area (Å²) in [6, 6.07) is 13.0. The molecular formula is C11H9NO3. The van der Waals surface area contributed by atoms with Crippen LogP contribution in [0.5, 0.6) is 0 Å². The Morgan fingerprint density at radius 1 is 1.07 bits per heavy atom. The standard InChI is InChI=1S/C11H9NO3/c13-12-11(15-14)10-7-3-5-8-4-1-2-6-9(8)10/h1-7,13-14H/b12-11-. The number of nitrogens with zero attached hydrogens (tertiary/aromatic N) is 1. The molecule has 0 saturated heterocycles.